The van der Waals surface area contributed by atoms with Gasteiger partial charge in [-0.25, -0.2) is 4.98 Å². The maximum atomic E-state index is 8.87. The molecular formula is C16H24N4. The van der Waals surface area contributed by atoms with E-state index in [0.717, 1.165) is 24.8 Å². The second-order valence-electron chi connectivity index (χ2n) is 6.73. The van der Waals surface area contributed by atoms with Gasteiger partial charge in [-0.2, -0.15) is 5.26 Å². The highest BCUT2D eigenvalue weighted by Crippen LogP contribution is 2.35. The molecule has 1 aromatic heterocycles. The Hall–Kier alpha value is -1.76. The summed E-state index contributed by atoms with van der Waals surface area (Å²) in [5.41, 5.74) is 7.54. The molecule has 0 amide bonds. The SMILES string of the molecule is CC(C)(C)C1CCCN(c2ncc(C#N)cc2N)CC1. The molecule has 1 aromatic rings. The average Bonchev–Trinajstić information content (AvgIpc) is 2.63. The third-order valence-corrected chi connectivity index (χ3v) is 4.28. The number of rotatable bonds is 1. The lowest BCUT2D eigenvalue weighted by atomic mass is 9.77. The van der Waals surface area contributed by atoms with Crippen molar-refractivity contribution in [2.45, 2.75) is 40.0 Å². The largest absolute Gasteiger partial charge is 0.396 e. The molecule has 4 heteroatoms. The third kappa shape index (κ3) is 3.22. The highest BCUT2D eigenvalue weighted by atomic mass is 15.2. The number of anilines is 2. The van der Waals surface area contributed by atoms with E-state index in [-0.39, 0.29) is 0 Å². The van der Waals surface area contributed by atoms with Crippen molar-refractivity contribution in [3.05, 3.63) is 17.8 Å². The highest BCUT2D eigenvalue weighted by Gasteiger charge is 2.27. The van der Waals surface area contributed by atoms with Gasteiger partial charge in [0.15, 0.2) is 5.82 Å². The Kier molecular flexibility index (Phi) is 4.17. The first-order chi connectivity index (χ1) is 9.41. The molecule has 108 valence electrons. The number of nitriles is 1. The van der Waals surface area contributed by atoms with Gasteiger partial charge in [-0.15, -0.1) is 0 Å². The van der Waals surface area contributed by atoms with Crippen molar-refractivity contribution < 1.29 is 0 Å². The number of nitrogen functional groups attached to an aromatic ring is 1. The van der Waals surface area contributed by atoms with Crippen LogP contribution in [0.2, 0.25) is 0 Å². The molecular weight excluding hydrogens is 248 g/mol. The number of nitrogens with two attached hydrogens (primary N) is 1. The van der Waals surface area contributed by atoms with E-state index >= 15 is 0 Å². The minimum Gasteiger partial charge on any atom is -0.396 e. The normalized spacial score (nSPS) is 20.3. The average molecular weight is 272 g/mol. The smallest absolute Gasteiger partial charge is 0.151 e. The lowest BCUT2D eigenvalue weighted by Gasteiger charge is -2.30. The van der Waals surface area contributed by atoms with Crippen LogP contribution in [0.5, 0.6) is 0 Å². The Balaban J connectivity index is 2.13. The van der Waals surface area contributed by atoms with Gasteiger partial charge in [-0.3, -0.25) is 0 Å². The van der Waals surface area contributed by atoms with Crippen molar-refractivity contribution in [3.63, 3.8) is 0 Å². The number of hydrogen-bond acceptors (Lipinski definition) is 4. The molecule has 1 unspecified atom stereocenters. The minimum absolute atomic E-state index is 0.361. The van der Waals surface area contributed by atoms with Crippen LogP contribution >= 0.6 is 0 Å². The molecule has 2 rings (SSSR count). The topological polar surface area (TPSA) is 65.9 Å². The first-order valence-electron chi connectivity index (χ1n) is 7.32. The van der Waals surface area contributed by atoms with Crippen molar-refractivity contribution in [1.82, 2.24) is 4.98 Å². The van der Waals surface area contributed by atoms with Crippen LogP contribution in [0.3, 0.4) is 0 Å². The monoisotopic (exact) mass is 272 g/mol. The molecule has 0 radical (unpaired) electrons. The van der Waals surface area contributed by atoms with Crippen LogP contribution in [0.1, 0.15) is 45.6 Å². The Morgan fingerprint density at radius 1 is 1.35 bits per heavy atom. The fraction of sp³-hybridized carbons (Fsp3) is 0.625. The zero-order valence-electron chi connectivity index (χ0n) is 12.7. The number of nitrogens with zero attached hydrogens (tertiary/aromatic N) is 3. The van der Waals surface area contributed by atoms with Crippen LogP contribution in [-0.2, 0) is 0 Å². The van der Waals surface area contributed by atoms with Gasteiger partial charge in [-0.1, -0.05) is 20.8 Å². The zero-order valence-corrected chi connectivity index (χ0v) is 12.7. The molecule has 20 heavy (non-hydrogen) atoms. The molecule has 2 N–H and O–H groups in total. The minimum atomic E-state index is 0.361. The highest BCUT2D eigenvalue weighted by molar-refractivity contribution is 5.64. The van der Waals surface area contributed by atoms with Crippen molar-refractivity contribution in [3.8, 4) is 6.07 Å². The van der Waals surface area contributed by atoms with Crippen molar-refractivity contribution in [2.24, 2.45) is 11.3 Å². The van der Waals surface area contributed by atoms with Crippen LogP contribution < -0.4 is 10.6 Å². The molecule has 2 heterocycles. The summed E-state index contributed by atoms with van der Waals surface area (Å²) in [6.45, 7) is 8.95. The molecule has 0 aromatic carbocycles. The molecule has 4 nitrogen and oxygen atoms in total. The standard InChI is InChI=1S/C16H24N4/c1-16(2,3)13-5-4-7-20(8-6-13)15-14(18)9-12(10-17)11-19-15/h9,11,13H,4-8,18H2,1-3H3. The molecule has 1 saturated heterocycles. The van der Waals surface area contributed by atoms with Crippen LogP contribution in [0.15, 0.2) is 12.3 Å². The molecule has 1 aliphatic rings. The van der Waals surface area contributed by atoms with Crippen LogP contribution in [0.25, 0.3) is 0 Å². The van der Waals surface area contributed by atoms with Gasteiger partial charge in [0.1, 0.15) is 6.07 Å². The number of aromatic nitrogens is 1. The van der Waals surface area contributed by atoms with Gasteiger partial charge < -0.3 is 10.6 Å². The van der Waals surface area contributed by atoms with Gasteiger partial charge in [0, 0.05) is 19.3 Å². The lowest BCUT2D eigenvalue weighted by Crippen LogP contribution is -2.27. The van der Waals surface area contributed by atoms with Gasteiger partial charge in [0.05, 0.1) is 11.3 Å². The van der Waals surface area contributed by atoms with E-state index in [2.05, 4.69) is 36.7 Å². The summed E-state index contributed by atoms with van der Waals surface area (Å²) >= 11 is 0. The van der Waals surface area contributed by atoms with Gasteiger partial charge in [0.2, 0.25) is 0 Å². The second-order valence-corrected chi connectivity index (χ2v) is 6.73. The summed E-state index contributed by atoms with van der Waals surface area (Å²) < 4.78 is 0. The summed E-state index contributed by atoms with van der Waals surface area (Å²) in [5.74, 6) is 1.57. The Bertz CT molecular complexity index is 510. The van der Waals surface area contributed by atoms with E-state index in [0.29, 0.717) is 16.7 Å². The van der Waals surface area contributed by atoms with Gasteiger partial charge >= 0.3 is 0 Å². The fourth-order valence-corrected chi connectivity index (χ4v) is 2.97. The molecule has 0 saturated carbocycles. The van der Waals surface area contributed by atoms with E-state index in [4.69, 9.17) is 11.0 Å². The van der Waals surface area contributed by atoms with E-state index in [9.17, 15) is 0 Å². The predicted octanol–water partition coefficient (Wildman–Crippen LogP) is 3.19. The summed E-state index contributed by atoms with van der Waals surface area (Å²) in [6, 6.07) is 3.79. The molecule has 1 fully saturated rings. The van der Waals surface area contributed by atoms with E-state index < -0.39 is 0 Å². The Labute approximate surface area is 121 Å². The van der Waals surface area contributed by atoms with E-state index in [1.165, 1.54) is 19.3 Å². The maximum absolute atomic E-state index is 8.87. The second kappa shape index (κ2) is 5.70. The summed E-state index contributed by atoms with van der Waals surface area (Å²) in [6.07, 6.45) is 5.21. The maximum Gasteiger partial charge on any atom is 0.151 e. The zero-order chi connectivity index (χ0) is 14.8. The molecule has 1 atom stereocenters. The first kappa shape index (κ1) is 14.6. The van der Waals surface area contributed by atoms with Crippen LogP contribution in [0, 0.1) is 22.7 Å². The van der Waals surface area contributed by atoms with Crippen molar-refractivity contribution in [1.29, 1.82) is 5.26 Å². The lowest BCUT2D eigenvalue weighted by molar-refractivity contribution is 0.220. The van der Waals surface area contributed by atoms with E-state index in [1.807, 2.05) is 0 Å². The molecule has 0 bridgehead atoms. The van der Waals surface area contributed by atoms with Gasteiger partial charge in [-0.05, 0) is 36.7 Å². The number of pyridine rings is 1. The quantitative estimate of drug-likeness (QED) is 0.852. The van der Waals surface area contributed by atoms with Crippen molar-refractivity contribution >= 4 is 11.5 Å². The fourth-order valence-electron chi connectivity index (χ4n) is 2.97. The number of hydrogen-bond donors (Lipinski definition) is 1. The van der Waals surface area contributed by atoms with E-state index in [1.54, 1.807) is 12.3 Å². The molecule has 0 spiro atoms. The molecule has 1 aliphatic heterocycles. The molecule has 0 aliphatic carbocycles. The Morgan fingerprint density at radius 2 is 2.10 bits per heavy atom. The summed E-state index contributed by atoms with van der Waals surface area (Å²) in [7, 11) is 0. The predicted molar refractivity (Wildman–Crippen MR) is 82.4 cm³/mol. The van der Waals surface area contributed by atoms with Crippen molar-refractivity contribution in [2.75, 3.05) is 23.7 Å². The van der Waals surface area contributed by atoms with Gasteiger partial charge in [0.25, 0.3) is 0 Å². The summed E-state index contributed by atoms with van der Waals surface area (Å²) in [4.78, 5) is 6.65. The van der Waals surface area contributed by atoms with Crippen LogP contribution in [0.4, 0.5) is 11.5 Å². The Morgan fingerprint density at radius 3 is 2.70 bits per heavy atom. The van der Waals surface area contributed by atoms with Crippen LogP contribution in [-0.4, -0.2) is 18.1 Å². The summed E-state index contributed by atoms with van der Waals surface area (Å²) in [5, 5.41) is 8.87. The third-order valence-electron chi connectivity index (χ3n) is 4.28. The first-order valence-corrected chi connectivity index (χ1v) is 7.32.